The highest BCUT2D eigenvalue weighted by molar-refractivity contribution is 5.60. The number of rotatable bonds is 8. The van der Waals surface area contributed by atoms with Crippen LogP contribution in [-0.4, -0.2) is 22.5 Å². The van der Waals surface area contributed by atoms with E-state index in [1.165, 1.54) is 38.4 Å². The molecule has 182 valence electrons. The van der Waals surface area contributed by atoms with E-state index in [4.69, 9.17) is 0 Å². The van der Waals surface area contributed by atoms with Gasteiger partial charge in [-0.3, -0.25) is 9.97 Å². The van der Waals surface area contributed by atoms with Crippen molar-refractivity contribution in [3.8, 4) is 0 Å². The first-order valence-electron chi connectivity index (χ1n) is 13.4. The molecule has 1 heterocycles. The van der Waals surface area contributed by atoms with E-state index in [1.54, 1.807) is 12.4 Å². The largest absolute Gasteiger partial charge is 0.303 e. The van der Waals surface area contributed by atoms with Gasteiger partial charge in [0, 0.05) is 30.7 Å². The molecule has 0 unspecified atom stereocenters. The van der Waals surface area contributed by atoms with E-state index in [2.05, 4.69) is 44.6 Å². The molecule has 3 aliphatic rings. The first-order valence-corrected chi connectivity index (χ1v) is 13.4. The molecule has 0 saturated heterocycles. The summed E-state index contributed by atoms with van der Waals surface area (Å²) in [6.07, 6.45) is 15.9. The summed E-state index contributed by atoms with van der Waals surface area (Å²) in [4.78, 5) is 34.1. The minimum absolute atomic E-state index is 0.0438. The lowest BCUT2D eigenvalue weighted by atomic mass is 9.49. The van der Waals surface area contributed by atoms with Gasteiger partial charge in [0.25, 0.3) is 0 Å². The van der Waals surface area contributed by atoms with E-state index >= 15 is 0 Å². The van der Waals surface area contributed by atoms with E-state index in [1.807, 2.05) is 0 Å². The normalized spacial score (nSPS) is 39.0. The van der Waals surface area contributed by atoms with Gasteiger partial charge in [-0.25, -0.2) is 0 Å². The molecule has 0 amide bonds. The van der Waals surface area contributed by atoms with Crippen LogP contribution in [0.2, 0.25) is 0 Å². The molecule has 3 aliphatic carbocycles. The maximum absolute atomic E-state index is 12.7. The van der Waals surface area contributed by atoms with E-state index in [0.717, 1.165) is 48.8 Å². The summed E-state index contributed by atoms with van der Waals surface area (Å²) in [6, 6.07) is 0. The van der Waals surface area contributed by atoms with Gasteiger partial charge in [-0.2, -0.15) is 0 Å². The molecule has 33 heavy (non-hydrogen) atoms. The highest BCUT2D eigenvalue weighted by Gasteiger charge is 2.59. The zero-order valence-electron chi connectivity index (χ0n) is 21.4. The lowest BCUT2D eigenvalue weighted by molar-refractivity contribution is -0.132. The highest BCUT2D eigenvalue weighted by atomic mass is 16.1. The molecule has 1 aromatic heterocycles. The fraction of sp³-hybridized carbons (Fsp3) is 0.793. The lowest BCUT2D eigenvalue weighted by Crippen LogP contribution is -2.52. The zero-order valence-corrected chi connectivity index (χ0v) is 21.4. The molecule has 0 aromatic carbocycles. The van der Waals surface area contributed by atoms with Gasteiger partial charge < -0.3 is 9.59 Å². The summed E-state index contributed by atoms with van der Waals surface area (Å²) in [7, 11) is 0. The van der Waals surface area contributed by atoms with E-state index < -0.39 is 0 Å². The minimum Gasteiger partial charge on any atom is -0.303 e. The number of carbonyl (C=O) groups excluding carboxylic acids is 2. The summed E-state index contributed by atoms with van der Waals surface area (Å²) < 4.78 is 0. The molecule has 0 radical (unpaired) electrons. The standard InChI is InChI=1S/C29H44N2O2/c1-19(2)7-6-8-20(3)23-9-10-24-22(18-33)25(11-12-28(23,24)4)29(5)16-27-26(15-21(29)17-32)30-13-14-31-27/h13-14,17-25H,6-12,15-16H2,1-5H3/t20-,21-,22+,23-,24+,25+,28-,29+/m1/s1. The van der Waals surface area contributed by atoms with Crippen LogP contribution in [-0.2, 0) is 22.4 Å². The van der Waals surface area contributed by atoms with E-state index in [9.17, 15) is 9.59 Å². The van der Waals surface area contributed by atoms with Crippen LogP contribution in [0.4, 0.5) is 0 Å². The number of aromatic nitrogens is 2. The molecule has 1 aromatic rings. The summed E-state index contributed by atoms with van der Waals surface area (Å²) >= 11 is 0. The van der Waals surface area contributed by atoms with Gasteiger partial charge in [0.1, 0.15) is 12.6 Å². The number of hydrogen-bond donors (Lipinski definition) is 0. The van der Waals surface area contributed by atoms with Gasteiger partial charge in [-0.15, -0.1) is 0 Å². The first-order chi connectivity index (χ1) is 15.7. The van der Waals surface area contributed by atoms with Crippen LogP contribution in [0.1, 0.15) is 91.0 Å². The molecule has 4 rings (SSSR count). The Morgan fingerprint density at radius 3 is 2.30 bits per heavy atom. The number of carbonyl (C=O) groups is 2. The quantitative estimate of drug-likeness (QED) is 0.446. The van der Waals surface area contributed by atoms with E-state index in [0.29, 0.717) is 18.3 Å². The summed E-state index contributed by atoms with van der Waals surface area (Å²) in [5.74, 6) is 2.85. The lowest BCUT2D eigenvalue weighted by Gasteiger charge is -2.55. The van der Waals surface area contributed by atoms with Crippen molar-refractivity contribution in [2.75, 3.05) is 0 Å². The Hall–Kier alpha value is -1.58. The average molecular weight is 453 g/mol. The predicted octanol–water partition coefficient (Wildman–Crippen LogP) is 6.12. The molecule has 2 fully saturated rings. The second-order valence-electron chi connectivity index (χ2n) is 12.5. The van der Waals surface area contributed by atoms with Gasteiger partial charge in [-0.1, -0.05) is 53.9 Å². The molecule has 0 N–H and O–H groups in total. The van der Waals surface area contributed by atoms with Crippen LogP contribution in [0.5, 0.6) is 0 Å². The van der Waals surface area contributed by atoms with Gasteiger partial charge in [0.15, 0.2) is 0 Å². The van der Waals surface area contributed by atoms with Crippen LogP contribution in [0.25, 0.3) is 0 Å². The third-order valence-electron chi connectivity index (χ3n) is 10.4. The number of aldehydes is 2. The zero-order chi connectivity index (χ0) is 23.8. The highest BCUT2D eigenvalue weighted by Crippen LogP contribution is 2.64. The topological polar surface area (TPSA) is 59.9 Å². The Balaban J connectivity index is 1.56. The second-order valence-corrected chi connectivity index (χ2v) is 12.5. The molecule has 0 spiro atoms. The number of fused-ring (bicyclic) bond motifs is 2. The second kappa shape index (κ2) is 9.58. The van der Waals surface area contributed by atoms with Crippen molar-refractivity contribution in [1.29, 1.82) is 0 Å². The predicted molar refractivity (Wildman–Crippen MR) is 132 cm³/mol. The molecular formula is C29H44N2O2. The Bertz CT molecular complexity index is 854. The van der Waals surface area contributed by atoms with Crippen LogP contribution >= 0.6 is 0 Å². The minimum atomic E-state index is -0.224. The molecular weight excluding hydrogens is 408 g/mol. The maximum Gasteiger partial charge on any atom is 0.124 e. The van der Waals surface area contributed by atoms with Crippen molar-refractivity contribution in [3.63, 3.8) is 0 Å². The number of nitrogens with zero attached hydrogens (tertiary/aromatic N) is 2. The van der Waals surface area contributed by atoms with Crippen LogP contribution in [0.15, 0.2) is 12.4 Å². The van der Waals surface area contributed by atoms with Gasteiger partial charge in [0.2, 0.25) is 0 Å². The molecule has 4 heteroatoms. The van der Waals surface area contributed by atoms with Crippen molar-refractivity contribution in [1.82, 2.24) is 9.97 Å². The molecule has 4 nitrogen and oxygen atoms in total. The van der Waals surface area contributed by atoms with Crippen LogP contribution < -0.4 is 0 Å². The van der Waals surface area contributed by atoms with Crippen molar-refractivity contribution in [2.24, 2.45) is 52.3 Å². The fourth-order valence-electron chi connectivity index (χ4n) is 8.44. The van der Waals surface area contributed by atoms with Gasteiger partial charge >= 0.3 is 0 Å². The fourth-order valence-corrected chi connectivity index (χ4v) is 8.44. The third kappa shape index (κ3) is 4.32. The Labute approximate surface area is 200 Å². The summed E-state index contributed by atoms with van der Waals surface area (Å²) in [6.45, 7) is 11.8. The monoisotopic (exact) mass is 452 g/mol. The van der Waals surface area contributed by atoms with Crippen molar-refractivity contribution < 1.29 is 9.59 Å². The Morgan fingerprint density at radius 1 is 0.939 bits per heavy atom. The Morgan fingerprint density at radius 2 is 1.64 bits per heavy atom. The SMILES string of the molecule is CC(C)CCC[C@@H](C)[C@H]1CC[C@H]2[C@H](C=O)[C@@H]([C@@]3(C)Cc4nccnc4C[C@@H]3C=O)CC[C@]12C. The smallest absolute Gasteiger partial charge is 0.124 e. The van der Waals surface area contributed by atoms with Crippen LogP contribution in [0, 0.1) is 52.3 Å². The first kappa shape index (κ1) is 24.5. The summed E-state index contributed by atoms with van der Waals surface area (Å²) in [5.41, 5.74) is 2.02. The molecule has 0 aliphatic heterocycles. The number of hydrogen-bond acceptors (Lipinski definition) is 4. The Kier molecular flexibility index (Phi) is 7.13. The van der Waals surface area contributed by atoms with E-state index in [-0.39, 0.29) is 28.6 Å². The molecule has 0 bridgehead atoms. The van der Waals surface area contributed by atoms with Gasteiger partial charge in [0.05, 0.1) is 11.4 Å². The van der Waals surface area contributed by atoms with Gasteiger partial charge in [-0.05, 0) is 72.5 Å². The van der Waals surface area contributed by atoms with Crippen molar-refractivity contribution >= 4 is 12.6 Å². The summed E-state index contributed by atoms with van der Waals surface area (Å²) in [5, 5.41) is 0. The molecule has 2 saturated carbocycles. The molecule has 8 atom stereocenters. The van der Waals surface area contributed by atoms with Crippen LogP contribution in [0.3, 0.4) is 0 Å². The van der Waals surface area contributed by atoms with Crippen molar-refractivity contribution in [3.05, 3.63) is 23.8 Å². The maximum atomic E-state index is 12.7. The third-order valence-corrected chi connectivity index (χ3v) is 10.4. The average Bonchev–Trinajstić information content (AvgIpc) is 3.14. The van der Waals surface area contributed by atoms with Crippen molar-refractivity contribution in [2.45, 2.75) is 92.4 Å².